The van der Waals surface area contributed by atoms with E-state index < -0.39 is 17.7 Å². The molecule has 0 radical (unpaired) electrons. The second-order valence-corrected chi connectivity index (χ2v) is 6.88. The van der Waals surface area contributed by atoms with E-state index in [0.29, 0.717) is 12.2 Å². The minimum absolute atomic E-state index is 0.260. The summed E-state index contributed by atoms with van der Waals surface area (Å²) in [6.45, 7) is 8.96. The van der Waals surface area contributed by atoms with Gasteiger partial charge in [-0.05, 0) is 51.8 Å². The zero-order valence-corrected chi connectivity index (χ0v) is 17.1. The summed E-state index contributed by atoms with van der Waals surface area (Å²) < 4.78 is 43.2. The van der Waals surface area contributed by atoms with Crippen molar-refractivity contribution in [3.63, 3.8) is 0 Å². The molecular formula is C21H25F3N2O3. The van der Waals surface area contributed by atoms with Crippen molar-refractivity contribution < 1.29 is 27.5 Å². The summed E-state index contributed by atoms with van der Waals surface area (Å²) in [5.41, 5.74) is 5.94. The van der Waals surface area contributed by atoms with Crippen LogP contribution in [0.15, 0.2) is 24.3 Å². The van der Waals surface area contributed by atoms with Crippen molar-refractivity contribution in [2.45, 2.75) is 53.3 Å². The molecule has 0 aliphatic carbocycles. The molecule has 8 heteroatoms. The van der Waals surface area contributed by atoms with Crippen molar-refractivity contribution in [2.75, 3.05) is 6.61 Å². The van der Waals surface area contributed by atoms with Gasteiger partial charge in [0.05, 0.1) is 18.2 Å². The maximum Gasteiger partial charge on any atom is 0.416 e. The van der Waals surface area contributed by atoms with Gasteiger partial charge in [0.25, 0.3) is 0 Å². The number of aryl methyl sites for hydroxylation is 2. The van der Waals surface area contributed by atoms with Crippen LogP contribution < -0.4 is 10.2 Å². The van der Waals surface area contributed by atoms with Crippen LogP contribution in [0.4, 0.5) is 13.2 Å². The van der Waals surface area contributed by atoms with Crippen LogP contribution in [0.2, 0.25) is 0 Å². The van der Waals surface area contributed by atoms with Crippen molar-refractivity contribution in [3.8, 4) is 5.75 Å². The number of halogens is 3. The highest BCUT2D eigenvalue weighted by Gasteiger charge is 2.29. The molecule has 1 atom stereocenters. The standard InChI is InChI=1S/C21H25F3N2O3/c1-12-13(2)25-14(3)19(20(12)29-16(5)27)15(4)26-28-11-10-17-6-8-18(9-7-17)21(22,23)24/h6-9,15,26H,10-11H2,1-5H3. The van der Waals surface area contributed by atoms with Gasteiger partial charge in [-0.15, -0.1) is 0 Å². The van der Waals surface area contributed by atoms with Crippen LogP contribution in [-0.4, -0.2) is 17.6 Å². The fraction of sp³-hybridized carbons (Fsp3) is 0.429. The fourth-order valence-electron chi connectivity index (χ4n) is 2.98. The molecule has 2 aromatic rings. The van der Waals surface area contributed by atoms with E-state index in [1.165, 1.54) is 19.1 Å². The van der Waals surface area contributed by atoms with E-state index in [2.05, 4.69) is 10.5 Å². The predicted octanol–water partition coefficient (Wildman–Crippen LogP) is 4.78. The number of nitrogens with zero attached hydrogens (tertiary/aromatic N) is 1. The van der Waals surface area contributed by atoms with Gasteiger partial charge < -0.3 is 9.57 Å². The average molecular weight is 410 g/mol. The average Bonchev–Trinajstić information content (AvgIpc) is 2.62. The second-order valence-electron chi connectivity index (χ2n) is 6.88. The largest absolute Gasteiger partial charge is 0.426 e. The number of hydrogen-bond donors (Lipinski definition) is 1. The maximum absolute atomic E-state index is 12.6. The molecule has 0 fully saturated rings. The molecule has 0 aliphatic heterocycles. The van der Waals surface area contributed by atoms with Crippen LogP contribution in [0, 0.1) is 20.8 Å². The Morgan fingerprint density at radius 1 is 1.14 bits per heavy atom. The van der Waals surface area contributed by atoms with Gasteiger partial charge in [-0.1, -0.05) is 12.1 Å². The number of alkyl halides is 3. The highest BCUT2D eigenvalue weighted by molar-refractivity contribution is 5.71. The molecule has 1 N–H and O–H groups in total. The Kier molecular flexibility index (Phi) is 7.37. The van der Waals surface area contributed by atoms with Gasteiger partial charge in [0, 0.05) is 29.4 Å². The van der Waals surface area contributed by atoms with Crippen LogP contribution in [0.5, 0.6) is 5.75 Å². The van der Waals surface area contributed by atoms with Crippen LogP contribution >= 0.6 is 0 Å². The molecule has 1 unspecified atom stereocenters. The van der Waals surface area contributed by atoms with Crippen LogP contribution in [-0.2, 0) is 22.2 Å². The SMILES string of the molecule is CC(=O)Oc1c(C)c(C)nc(C)c1C(C)NOCCc1ccc(C(F)(F)F)cc1. The summed E-state index contributed by atoms with van der Waals surface area (Å²) in [4.78, 5) is 21.5. The quantitative estimate of drug-likeness (QED) is 0.405. The molecule has 29 heavy (non-hydrogen) atoms. The number of carbonyl (C=O) groups excluding carboxylic acids is 1. The van der Waals surface area contributed by atoms with Gasteiger partial charge in [-0.25, -0.2) is 0 Å². The lowest BCUT2D eigenvalue weighted by Gasteiger charge is -2.21. The maximum atomic E-state index is 12.6. The molecule has 0 bridgehead atoms. The number of rotatable bonds is 7. The summed E-state index contributed by atoms with van der Waals surface area (Å²) >= 11 is 0. The highest BCUT2D eigenvalue weighted by atomic mass is 19.4. The van der Waals surface area contributed by atoms with E-state index in [-0.39, 0.29) is 12.6 Å². The minimum Gasteiger partial charge on any atom is -0.426 e. The van der Waals surface area contributed by atoms with Crippen LogP contribution in [0.25, 0.3) is 0 Å². The van der Waals surface area contributed by atoms with E-state index in [1.54, 1.807) is 0 Å². The Morgan fingerprint density at radius 3 is 2.31 bits per heavy atom. The van der Waals surface area contributed by atoms with Crippen molar-refractivity contribution in [3.05, 3.63) is 57.9 Å². The van der Waals surface area contributed by atoms with Crippen molar-refractivity contribution in [1.82, 2.24) is 10.5 Å². The lowest BCUT2D eigenvalue weighted by Crippen LogP contribution is -2.23. The zero-order valence-electron chi connectivity index (χ0n) is 17.1. The number of nitrogens with one attached hydrogen (secondary N) is 1. The third-order valence-corrected chi connectivity index (χ3v) is 4.57. The predicted molar refractivity (Wildman–Crippen MR) is 102 cm³/mol. The topological polar surface area (TPSA) is 60.5 Å². The number of hydrogen-bond acceptors (Lipinski definition) is 5. The first-order chi connectivity index (χ1) is 13.5. The number of carbonyl (C=O) groups is 1. The summed E-state index contributed by atoms with van der Waals surface area (Å²) in [5, 5.41) is 0. The molecule has 158 valence electrons. The van der Waals surface area contributed by atoms with Gasteiger partial charge >= 0.3 is 12.1 Å². The normalized spacial score (nSPS) is 12.7. The third-order valence-electron chi connectivity index (χ3n) is 4.57. The molecule has 0 spiro atoms. The Morgan fingerprint density at radius 2 is 1.76 bits per heavy atom. The summed E-state index contributed by atoms with van der Waals surface area (Å²) in [5.74, 6) is 0.0450. The number of esters is 1. The van der Waals surface area contributed by atoms with Gasteiger partial charge in [-0.2, -0.15) is 18.7 Å². The summed E-state index contributed by atoms with van der Waals surface area (Å²) in [6, 6.07) is 4.67. The van der Waals surface area contributed by atoms with Crippen LogP contribution in [0.1, 0.15) is 53.5 Å². The molecule has 1 aromatic carbocycles. The molecule has 0 saturated heterocycles. The first kappa shape index (κ1) is 22.8. The zero-order chi connectivity index (χ0) is 21.8. The number of pyridine rings is 1. The Balaban J connectivity index is 2.00. The first-order valence-electron chi connectivity index (χ1n) is 9.20. The van der Waals surface area contributed by atoms with Crippen molar-refractivity contribution in [1.29, 1.82) is 0 Å². The molecule has 1 aromatic heterocycles. The number of hydroxylamine groups is 1. The second kappa shape index (κ2) is 9.37. The van der Waals surface area contributed by atoms with E-state index in [1.807, 2.05) is 27.7 Å². The van der Waals surface area contributed by atoms with Gasteiger partial charge in [0.15, 0.2) is 0 Å². The molecule has 0 saturated carbocycles. The number of benzene rings is 1. The van der Waals surface area contributed by atoms with Gasteiger partial charge in [-0.3, -0.25) is 9.78 Å². The Hall–Kier alpha value is -2.45. The first-order valence-corrected chi connectivity index (χ1v) is 9.20. The van der Waals surface area contributed by atoms with E-state index in [4.69, 9.17) is 9.57 Å². The molecule has 1 heterocycles. The summed E-state index contributed by atoms with van der Waals surface area (Å²) in [7, 11) is 0. The fourth-order valence-corrected chi connectivity index (χ4v) is 2.98. The minimum atomic E-state index is -4.34. The monoisotopic (exact) mass is 410 g/mol. The van der Waals surface area contributed by atoms with Gasteiger partial charge in [0.2, 0.25) is 0 Å². The van der Waals surface area contributed by atoms with Gasteiger partial charge in [0.1, 0.15) is 5.75 Å². The lowest BCUT2D eigenvalue weighted by molar-refractivity contribution is -0.137. The highest BCUT2D eigenvalue weighted by Crippen LogP contribution is 2.33. The molecule has 0 amide bonds. The smallest absolute Gasteiger partial charge is 0.416 e. The number of aromatic nitrogens is 1. The van der Waals surface area contributed by atoms with E-state index >= 15 is 0 Å². The molecular weight excluding hydrogens is 385 g/mol. The van der Waals surface area contributed by atoms with E-state index in [9.17, 15) is 18.0 Å². The Bertz CT molecular complexity index is 865. The van der Waals surface area contributed by atoms with Crippen molar-refractivity contribution in [2.24, 2.45) is 0 Å². The molecule has 2 rings (SSSR count). The van der Waals surface area contributed by atoms with Crippen molar-refractivity contribution >= 4 is 5.97 Å². The van der Waals surface area contributed by atoms with E-state index in [0.717, 1.165) is 40.2 Å². The molecule has 5 nitrogen and oxygen atoms in total. The third kappa shape index (κ3) is 6.01. The Labute approximate surface area is 168 Å². The van der Waals surface area contributed by atoms with Crippen LogP contribution in [0.3, 0.4) is 0 Å². The lowest BCUT2D eigenvalue weighted by atomic mass is 10.0. The summed E-state index contributed by atoms with van der Waals surface area (Å²) in [6.07, 6.45) is -3.90. The molecule has 0 aliphatic rings. The number of ether oxygens (including phenoxy) is 1.